The summed E-state index contributed by atoms with van der Waals surface area (Å²) in [6, 6.07) is 0. The fourth-order valence-electron chi connectivity index (χ4n) is 4.95. The molecule has 132 valence electrons. The molecule has 5 aliphatic rings. The van der Waals surface area contributed by atoms with Gasteiger partial charge >= 0.3 is 23.9 Å². The highest BCUT2D eigenvalue weighted by Gasteiger charge is 2.65. The number of carbonyl (C=O) groups excluding carboxylic acids is 4. The molecule has 6 unspecified atom stereocenters. The predicted molar refractivity (Wildman–Crippen MR) is 81.5 cm³/mol. The Bertz CT molecular complexity index is 687. The second-order valence-electron chi connectivity index (χ2n) is 6.99. The molecule has 1 heterocycles. The molecule has 6 atom stereocenters. The van der Waals surface area contributed by atoms with Gasteiger partial charge in [0.15, 0.2) is 0 Å². The molecule has 7 heteroatoms. The zero-order valence-corrected chi connectivity index (χ0v) is 13.9. The van der Waals surface area contributed by atoms with Gasteiger partial charge in [0, 0.05) is 13.8 Å². The van der Waals surface area contributed by atoms with Crippen LogP contribution in [0.5, 0.6) is 0 Å². The van der Waals surface area contributed by atoms with E-state index in [-0.39, 0.29) is 36.9 Å². The molecule has 0 spiro atoms. The summed E-state index contributed by atoms with van der Waals surface area (Å²) in [4.78, 5) is 46.6. The molecule has 7 nitrogen and oxygen atoms in total. The SMILES string of the molecule is CC(=O)OCC1=C(COC(C)=O)C2C3C=CC(C4C(=O)OC(=O)C34)C12. The van der Waals surface area contributed by atoms with Crippen LogP contribution in [0.4, 0.5) is 0 Å². The highest BCUT2D eigenvalue weighted by Crippen LogP contribution is 2.63. The number of esters is 4. The van der Waals surface area contributed by atoms with Gasteiger partial charge in [0.2, 0.25) is 0 Å². The van der Waals surface area contributed by atoms with Gasteiger partial charge in [-0.2, -0.15) is 0 Å². The number of hydrogen-bond donors (Lipinski definition) is 0. The monoisotopic (exact) mass is 346 g/mol. The van der Waals surface area contributed by atoms with Crippen molar-refractivity contribution in [3.8, 4) is 0 Å². The molecule has 0 N–H and O–H groups in total. The lowest BCUT2D eigenvalue weighted by molar-refractivity contribution is -0.154. The minimum absolute atomic E-state index is 0.0135. The lowest BCUT2D eigenvalue weighted by Crippen LogP contribution is -2.56. The molecule has 5 rings (SSSR count). The molecule has 0 radical (unpaired) electrons. The minimum Gasteiger partial charge on any atom is -0.461 e. The van der Waals surface area contributed by atoms with Gasteiger partial charge in [-0.25, -0.2) is 0 Å². The van der Waals surface area contributed by atoms with Crippen LogP contribution >= 0.6 is 0 Å². The topological polar surface area (TPSA) is 96.0 Å². The first-order chi connectivity index (χ1) is 11.9. The van der Waals surface area contributed by atoms with Crippen molar-refractivity contribution in [3.05, 3.63) is 23.3 Å². The number of carbonyl (C=O) groups is 4. The smallest absolute Gasteiger partial charge is 0.318 e. The molecule has 1 saturated carbocycles. The summed E-state index contributed by atoms with van der Waals surface area (Å²) in [7, 11) is 0. The second kappa shape index (κ2) is 5.54. The van der Waals surface area contributed by atoms with E-state index in [1.54, 1.807) is 0 Å². The molecule has 2 fully saturated rings. The van der Waals surface area contributed by atoms with E-state index in [4.69, 9.17) is 14.2 Å². The van der Waals surface area contributed by atoms with Gasteiger partial charge in [0.1, 0.15) is 13.2 Å². The molecule has 1 saturated heterocycles. The van der Waals surface area contributed by atoms with Gasteiger partial charge < -0.3 is 14.2 Å². The van der Waals surface area contributed by atoms with Crippen molar-refractivity contribution in [1.29, 1.82) is 0 Å². The third-order valence-electron chi connectivity index (χ3n) is 5.81. The Morgan fingerprint density at radius 2 is 1.24 bits per heavy atom. The molecule has 2 bridgehead atoms. The van der Waals surface area contributed by atoms with Crippen LogP contribution < -0.4 is 0 Å². The zero-order valence-electron chi connectivity index (χ0n) is 13.9. The van der Waals surface area contributed by atoms with Gasteiger partial charge in [-0.1, -0.05) is 12.2 Å². The predicted octanol–water partition coefficient (Wildman–Crippen LogP) is 0.787. The summed E-state index contributed by atoms with van der Waals surface area (Å²) in [6.07, 6.45) is 3.95. The van der Waals surface area contributed by atoms with Gasteiger partial charge in [-0.3, -0.25) is 19.2 Å². The first-order valence-corrected chi connectivity index (χ1v) is 8.32. The second-order valence-corrected chi connectivity index (χ2v) is 6.99. The fourth-order valence-corrected chi connectivity index (χ4v) is 4.95. The van der Waals surface area contributed by atoms with Crippen LogP contribution in [0.1, 0.15) is 13.8 Å². The van der Waals surface area contributed by atoms with E-state index in [1.807, 2.05) is 12.2 Å². The lowest BCUT2D eigenvalue weighted by atomic mass is 9.45. The maximum absolute atomic E-state index is 12.1. The molecular formula is C18H18O7. The minimum atomic E-state index is -0.466. The maximum Gasteiger partial charge on any atom is 0.318 e. The first kappa shape index (κ1) is 16.1. The van der Waals surface area contributed by atoms with Crippen LogP contribution in [0.25, 0.3) is 0 Å². The summed E-state index contributed by atoms with van der Waals surface area (Å²) in [5.41, 5.74) is 1.79. The molecular weight excluding hydrogens is 328 g/mol. The van der Waals surface area contributed by atoms with Crippen LogP contribution in [0.15, 0.2) is 23.3 Å². The van der Waals surface area contributed by atoms with E-state index in [0.717, 1.165) is 11.1 Å². The summed E-state index contributed by atoms with van der Waals surface area (Å²) < 4.78 is 15.2. The van der Waals surface area contributed by atoms with Crippen molar-refractivity contribution >= 4 is 23.9 Å². The number of ether oxygens (including phenoxy) is 3. The average molecular weight is 346 g/mol. The largest absolute Gasteiger partial charge is 0.461 e. The van der Waals surface area contributed by atoms with Crippen molar-refractivity contribution < 1.29 is 33.4 Å². The fraction of sp³-hybridized carbons (Fsp3) is 0.556. The normalized spacial score (nSPS) is 37.2. The van der Waals surface area contributed by atoms with E-state index in [9.17, 15) is 19.2 Å². The Balaban J connectivity index is 1.67. The quantitative estimate of drug-likeness (QED) is 0.321. The van der Waals surface area contributed by atoms with Gasteiger partial charge in [-0.15, -0.1) is 0 Å². The van der Waals surface area contributed by atoms with Crippen molar-refractivity contribution in [3.63, 3.8) is 0 Å². The highest BCUT2D eigenvalue weighted by molar-refractivity contribution is 5.98. The Morgan fingerprint density at radius 3 is 1.60 bits per heavy atom. The summed E-state index contributed by atoms with van der Waals surface area (Å²) in [6.45, 7) is 2.89. The van der Waals surface area contributed by atoms with Gasteiger partial charge in [0.25, 0.3) is 0 Å². The number of allylic oxidation sites excluding steroid dienone is 2. The van der Waals surface area contributed by atoms with Crippen LogP contribution in [0, 0.1) is 35.5 Å². The Labute approximate surface area is 144 Å². The van der Waals surface area contributed by atoms with Crippen molar-refractivity contribution in [2.75, 3.05) is 13.2 Å². The van der Waals surface area contributed by atoms with E-state index in [1.165, 1.54) is 13.8 Å². The zero-order chi connectivity index (χ0) is 17.9. The average Bonchev–Trinajstić information content (AvgIpc) is 2.83. The van der Waals surface area contributed by atoms with E-state index >= 15 is 0 Å². The molecule has 0 aromatic carbocycles. The van der Waals surface area contributed by atoms with E-state index in [2.05, 4.69) is 0 Å². The van der Waals surface area contributed by atoms with Crippen molar-refractivity contribution in [2.24, 2.45) is 35.5 Å². The Kier molecular flexibility index (Phi) is 3.56. The highest BCUT2D eigenvalue weighted by atomic mass is 16.6. The molecule has 1 aliphatic heterocycles. The summed E-state index contributed by atoms with van der Waals surface area (Å²) in [5.74, 6) is -2.92. The third-order valence-corrected chi connectivity index (χ3v) is 5.81. The van der Waals surface area contributed by atoms with Crippen molar-refractivity contribution in [2.45, 2.75) is 13.8 Å². The van der Waals surface area contributed by atoms with Crippen LogP contribution in [-0.4, -0.2) is 37.1 Å². The van der Waals surface area contributed by atoms with Crippen LogP contribution in [0.3, 0.4) is 0 Å². The van der Waals surface area contributed by atoms with Crippen LogP contribution in [-0.2, 0) is 33.4 Å². The van der Waals surface area contributed by atoms with Crippen molar-refractivity contribution in [1.82, 2.24) is 0 Å². The molecule has 25 heavy (non-hydrogen) atoms. The molecule has 4 aliphatic carbocycles. The van der Waals surface area contributed by atoms with E-state index in [0.29, 0.717) is 0 Å². The van der Waals surface area contributed by atoms with Gasteiger partial charge in [0.05, 0.1) is 11.8 Å². The summed E-state index contributed by atoms with van der Waals surface area (Å²) >= 11 is 0. The Morgan fingerprint density at radius 1 is 0.840 bits per heavy atom. The molecule has 0 aromatic rings. The van der Waals surface area contributed by atoms with Crippen LogP contribution in [0.2, 0.25) is 0 Å². The first-order valence-electron chi connectivity index (χ1n) is 8.32. The number of rotatable bonds is 4. The van der Waals surface area contributed by atoms with Gasteiger partial charge in [-0.05, 0) is 34.8 Å². The third kappa shape index (κ3) is 2.25. The molecule has 0 aromatic heterocycles. The molecule has 0 amide bonds. The Hall–Kier alpha value is -2.44. The summed E-state index contributed by atoms with van der Waals surface area (Å²) in [5, 5.41) is 0. The number of hydrogen-bond acceptors (Lipinski definition) is 7. The maximum atomic E-state index is 12.1. The lowest BCUT2D eigenvalue weighted by Gasteiger charge is -2.56. The van der Waals surface area contributed by atoms with E-state index < -0.39 is 35.7 Å². The number of cyclic esters (lactones) is 2. The standard InChI is InChI=1S/C18H18O7/c1-7(19)23-5-11-12(6-24-8(2)20)14-10-4-3-9(13(11)14)15-16(10)18(22)25-17(15)21/h3-4,9-10,13-16H,5-6H2,1-2H3.